The molecule has 2 aromatic rings. The Hall–Kier alpha value is -0.210. The zero-order valence-electron chi connectivity index (χ0n) is 10.5. The van der Waals surface area contributed by atoms with Gasteiger partial charge in [-0.2, -0.15) is 4.31 Å². The quantitative estimate of drug-likeness (QED) is 0.781. The average molecular weight is 380 g/mol. The van der Waals surface area contributed by atoms with Gasteiger partial charge in [0.2, 0.25) is 0 Å². The molecule has 0 unspecified atom stereocenters. The number of rotatable bonds is 5. The molecule has 2 rings (SSSR count). The van der Waals surface area contributed by atoms with Crippen molar-refractivity contribution in [2.75, 3.05) is 0 Å². The van der Waals surface area contributed by atoms with Crippen molar-refractivity contribution in [1.82, 2.24) is 4.31 Å². The van der Waals surface area contributed by atoms with Gasteiger partial charge in [-0.05, 0) is 52.7 Å². The first-order valence-electron chi connectivity index (χ1n) is 5.70. The van der Waals surface area contributed by atoms with E-state index < -0.39 is 10.0 Å². The smallest absolute Gasteiger partial charge is 0.206 e. The SMILES string of the molecule is CC(C)N(Cc1cccs1)S(=O)(=O)c1sccc1Br. The van der Waals surface area contributed by atoms with E-state index in [0.717, 1.165) is 4.88 Å². The van der Waals surface area contributed by atoms with Crippen molar-refractivity contribution in [3.8, 4) is 0 Å². The van der Waals surface area contributed by atoms with E-state index >= 15 is 0 Å². The minimum absolute atomic E-state index is 0.0823. The summed E-state index contributed by atoms with van der Waals surface area (Å²) < 4.78 is 27.9. The minimum Gasteiger partial charge on any atom is -0.206 e. The number of thiophene rings is 2. The molecule has 0 spiro atoms. The van der Waals surface area contributed by atoms with Crippen LogP contribution in [-0.2, 0) is 16.6 Å². The molecule has 0 fully saturated rings. The summed E-state index contributed by atoms with van der Waals surface area (Å²) in [6.45, 7) is 4.21. The monoisotopic (exact) mass is 379 g/mol. The van der Waals surface area contributed by atoms with Crippen molar-refractivity contribution in [2.24, 2.45) is 0 Å². The normalized spacial score (nSPS) is 12.5. The molecule has 0 aliphatic rings. The molecule has 0 bridgehead atoms. The summed E-state index contributed by atoms with van der Waals surface area (Å²) in [7, 11) is -3.45. The molecule has 19 heavy (non-hydrogen) atoms. The molecule has 0 radical (unpaired) electrons. The van der Waals surface area contributed by atoms with Gasteiger partial charge in [-0.25, -0.2) is 8.42 Å². The third-order valence-corrected chi connectivity index (χ3v) is 8.13. The highest BCUT2D eigenvalue weighted by atomic mass is 79.9. The Morgan fingerprint density at radius 3 is 2.47 bits per heavy atom. The Morgan fingerprint density at radius 2 is 2.00 bits per heavy atom. The molecule has 0 saturated carbocycles. The Labute approximate surface area is 130 Å². The standard InChI is InChI=1S/C12H14BrNO2S3/c1-9(2)14(8-10-4-3-6-17-10)19(15,16)12-11(13)5-7-18-12/h3-7,9H,8H2,1-2H3. The van der Waals surface area contributed by atoms with Gasteiger partial charge in [0.1, 0.15) is 4.21 Å². The van der Waals surface area contributed by atoms with Crippen molar-refractivity contribution in [3.05, 3.63) is 38.3 Å². The molecule has 2 heterocycles. The maximum Gasteiger partial charge on any atom is 0.254 e. The summed E-state index contributed by atoms with van der Waals surface area (Å²) in [6.07, 6.45) is 0. The summed E-state index contributed by atoms with van der Waals surface area (Å²) >= 11 is 6.12. The van der Waals surface area contributed by atoms with E-state index in [9.17, 15) is 8.42 Å². The van der Waals surface area contributed by atoms with Crippen LogP contribution in [0.2, 0.25) is 0 Å². The molecule has 0 N–H and O–H groups in total. The second-order valence-electron chi connectivity index (χ2n) is 4.28. The fraction of sp³-hybridized carbons (Fsp3) is 0.333. The number of halogens is 1. The maximum absolute atomic E-state index is 12.7. The van der Waals surface area contributed by atoms with Gasteiger partial charge < -0.3 is 0 Å². The first kappa shape index (κ1) is 15.2. The number of nitrogens with zero attached hydrogens (tertiary/aromatic N) is 1. The van der Waals surface area contributed by atoms with Gasteiger partial charge in [0.15, 0.2) is 0 Å². The van der Waals surface area contributed by atoms with Crippen molar-refractivity contribution < 1.29 is 8.42 Å². The lowest BCUT2D eigenvalue weighted by Crippen LogP contribution is -2.35. The lowest BCUT2D eigenvalue weighted by Gasteiger charge is -2.24. The fourth-order valence-corrected chi connectivity index (χ4v) is 6.50. The highest BCUT2D eigenvalue weighted by Gasteiger charge is 2.30. The molecular formula is C12H14BrNO2S3. The van der Waals surface area contributed by atoms with Crippen LogP contribution in [0.5, 0.6) is 0 Å². The van der Waals surface area contributed by atoms with Crippen LogP contribution in [0.3, 0.4) is 0 Å². The highest BCUT2D eigenvalue weighted by molar-refractivity contribution is 9.10. The second kappa shape index (κ2) is 6.05. The molecule has 0 saturated heterocycles. The second-order valence-corrected chi connectivity index (χ2v) is 9.17. The van der Waals surface area contributed by atoms with Crippen LogP contribution in [0.25, 0.3) is 0 Å². The van der Waals surface area contributed by atoms with E-state index in [4.69, 9.17) is 0 Å². The van der Waals surface area contributed by atoms with Crippen molar-refractivity contribution in [2.45, 2.75) is 30.6 Å². The molecule has 7 heteroatoms. The molecule has 3 nitrogen and oxygen atoms in total. The average Bonchev–Trinajstić information content (AvgIpc) is 2.95. The summed E-state index contributed by atoms with van der Waals surface area (Å²) in [5.74, 6) is 0. The molecule has 0 atom stereocenters. The first-order valence-corrected chi connectivity index (χ1v) is 9.69. The molecule has 0 aromatic carbocycles. The van der Waals surface area contributed by atoms with E-state index in [1.165, 1.54) is 15.6 Å². The molecule has 0 amide bonds. The Morgan fingerprint density at radius 1 is 1.26 bits per heavy atom. The Kier molecular flexibility index (Phi) is 4.84. The zero-order valence-corrected chi connectivity index (χ0v) is 14.6. The van der Waals surface area contributed by atoms with Gasteiger partial charge >= 0.3 is 0 Å². The van der Waals surface area contributed by atoms with Crippen LogP contribution in [0.4, 0.5) is 0 Å². The van der Waals surface area contributed by atoms with E-state index in [-0.39, 0.29) is 6.04 Å². The van der Waals surface area contributed by atoms with Crippen molar-refractivity contribution in [3.63, 3.8) is 0 Å². The summed E-state index contributed by atoms with van der Waals surface area (Å²) in [5.41, 5.74) is 0. The first-order chi connectivity index (χ1) is 8.93. The lowest BCUT2D eigenvalue weighted by atomic mass is 10.4. The minimum atomic E-state index is -3.45. The van der Waals surface area contributed by atoms with Crippen LogP contribution in [0.1, 0.15) is 18.7 Å². The van der Waals surface area contributed by atoms with Gasteiger partial charge in [0, 0.05) is 21.9 Å². The van der Waals surface area contributed by atoms with Gasteiger partial charge in [0.05, 0.1) is 0 Å². The molecular weight excluding hydrogens is 366 g/mol. The fourth-order valence-electron chi connectivity index (χ4n) is 1.67. The third-order valence-electron chi connectivity index (χ3n) is 2.60. The van der Waals surface area contributed by atoms with Crippen LogP contribution < -0.4 is 0 Å². The van der Waals surface area contributed by atoms with E-state index in [1.54, 1.807) is 22.8 Å². The number of hydrogen-bond acceptors (Lipinski definition) is 4. The number of hydrogen-bond donors (Lipinski definition) is 0. The number of sulfonamides is 1. The topological polar surface area (TPSA) is 37.4 Å². The van der Waals surface area contributed by atoms with Crippen LogP contribution in [0.15, 0.2) is 37.6 Å². The van der Waals surface area contributed by atoms with Gasteiger partial charge in [-0.15, -0.1) is 22.7 Å². The molecule has 104 valence electrons. The summed E-state index contributed by atoms with van der Waals surface area (Å²) in [6, 6.07) is 5.58. The largest absolute Gasteiger partial charge is 0.254 e. The Balaban J connectivity index is 2.36. The van der Waals surface area contributed by atoms with Crippen LogP contribution >= 0.6 is 38.6 Å². The van der Waals surface area contributed by atoms with Crippen LogP contribution in [-0.4, -0.2) is 18.8 Å². The van der Waals surface area contributed by atoms with Gasteiger partial charge in [-0.1, -0.05) is 6.07 Å². The lowest BCUT2D eigenvalue weighted by molar-refractivity contribution is 0.351. The highest BCUT2D eigenvalue weighted by Crippen LogP contribution is 2.32. The molecule has 0 aliphatic heterocycles. The van der Waals surface area contributed by atoms with Gasteiger partial charge in [0.25, 0.3) is 10.0 Å². The van der Waals surface area contributed by atoms with E-state index in [2.05, 4.69) is 15.9 Å². The predicted octanol–water partition coefficient (Wildman–Crippen LogP) is 4.17. The zero-order chi connectivity index (χ0) is 14.0. The summed E-state index contributed by atoms with van der Waals surface area (Å²) in [4.78, 5) is 1.05. The van der Waals surface area contributed by atoms with Crippen LogP contribution in [0, 0.1) is 0 Å². The molecule has 0 aliphatic carbocycles. The van der Waals surface area contributed by atoms with Crippen molar-refractivity contribution in [1.29, 1.82) is 0 Å². The van der Waals surface area contributed by atoms with E-state index in [1.807, 2.05) is 31.4 Å². The molecule has 2 aromatic heterocycles. The predicted molar refractivity (Wildman–Crippen MR) is 84.2 cm³/mol. The Bertz CT molecular complexity index is 632. The van der Waals surface area contributed by atoms with Crippen molar-refractivity contribution >= 4 is 48.6 Å². The van der Waals surface area contributed by atoms with Gasteiger partial charge in [-0.3, -0.25) is 0 Å². The van der Waals surface area contributed by atoms with E-state index in [0.29, 0.717) is 15.2 Å². The maximum atomic E-state index is 12.7. The summed E-state index contributed by atoms with van der Waals surface area (Å²) in [5, 5.41) is 3.74. The third kappa shape index (κ3) is 3.28.